The molecule has 0 saturated heterocycles. The highest BCUT2D eigenvalue weighted by Gasteiger charge is 2.30. The molecule has 3 N–H and O–H groups in total. The number of phenols is 3. The van der Waals surface area contributed by atoms with E-state index in [2.05, 4.69) is 0 Å². The van der Waals surface area contributed by atoms with E-state index in [-0.39, 0.29) is 17.2 Å². The van der Waals surface area contributed by atoms with Crippen LogP contribution in [0.25, 0.3) is 39.3 Å². The summed E-state index contributed by atoms with van der Waals surface area (Å²) in [6, 6.07) is 24.0. The van der Waals surface area contributed by atoms with Crippen LogP contribution in [0.3, 0.4) is 0 Å². The van der Waals surface area contributed by atoms with Gasteiger partial charge in [-0.1, -0.05) is 12.1 Å². The van der Waals surface area contributed by atoms with Gasteiger partial charge >= 0.3 is 6.18 Å². The Labute approximate surface area is 204 Å². The number of hydrogen-bond donors (Lipinski definition) is 3. The SMILES string of the molecule is Oc1ccc(-c2nn(-c3ccc(C(F)(F)F)cc3)c(-c3ccc(O)cc3)c2-c2ccc(O)cc2)cc1. The van der Waals surface area contributed by atoms with Crippen LogP contribution in [0.1, 0.15) is 5.56 Å². The molecule has 5 nitrogen and oxygen atoms in total. The highest BCUT2D eigenvalue weighted by Crippen LogP contribution is 2.42. The van der Waals surface area contributed by atoms with Gasteiger partial charge in [0.1, 0.15) is 22.9 Å². The normalized spacial score (nSPS) is 11.5. The summed E-state index contributed by atoms with van der Waals surface area (Å²) in [5, 5.41) is 34.3. The topological polar surface area (TPSA) is 78.5 Å². The van der Waals surface area contributed by atoms with Crippen LogP contribution in [0.15, 0.2) is 97.1 Å². The third kappa shape index (κ3) is 4.36. The summed E-state index contributed by atoms with van der Waals surface area (Å²) in [5.41, 5.74) is 3.41. The Kier molecular flexibility index (Phi) is 5.64. The van der Waals surface area contributed by atoms with E-state index < -0.39 is 11.7 Å². The Balaban J connectivity index is 1.83. The molecule has 0 saturated carbocycles. The molecule has 0 fully saturated rings. The first kappa shape index (κ1) is 23.0. The molecule has 0 amide bonds. The summed E-state index contributed by atoms with van der Waals surface area (Å²) in [6.07, 6.45) is -4.48. The van der Waals surface area contributed by atoms with Gasteiger partial charge in [0.2, 0.25) is 0 Å². The number of rotatable bonds is 4. The molecule has 1 heterocycles. The summed E-state index contributed by atoms with van der Waals surface area (Å²) < 4.78 is 41.1. The Hall–Kier alpha value is -4.72. The number of aromatic hydroxyl groups is 3. The van der Waals surface area contributed by atoms with Crippen LogP contribution in [-0.4, -0.2) is 25.1 Å². The van der Waals surface area contributed by atoms with Crippen LogP contribution < -0.4 is 0 Å². The number of aromatic nitrogens is 2. The molecule has 0 unspecified atom stereocenters. The first-order valence-electron chi connectivity index (χ1n) is 10.9. The molecule has 0 aliphatic rings. The van der Waals surface area contributed by atoms with Gasteiger partial charge in [-0.25, -0.2) is 4.68 Å². The molecule has 1 aromatic heterocycles. The van der Waals surface area contributed by atoms with Gasteiger partial charge in [-0.15, -0.1) is 0 Å². The molecule has 0 radical (unpaired) electrons. The predicted molar refractivity (Wildman–Crippen MR) is 130 cm³/mol. The molecule has 0 aliphatic carbocycles. The fourth-order valence-electron chi connectivity index (χ4n) is 4.01. The summed E-state index contributed by atoms with van der Waals surface area (Å²) >= 11 is 0. The van der Waals surface area contributed by atoms with E-state index in [0.29, 0.717) is 39.3 Å². The maximum Gasteiger partial charge on any atom is 0.416 e. The molecule has 8 heteroatoms. The number of phenolic OH excluding ortho intramolecular Hbond substituents is 3. The summed E-state index contributed by atoms with van der Waals surface area (Å²) in [6.45, 7) is 0. The molecular formula is C28H19F3N2O3. The average molecular weight is 488 g/mol. The van der Waals surface area contributed by atoms with Crippen LogP contribution in [0, 0.1) is 0 Å². The monoisotopic (exact) mass is 488 g/mol. The van der Waals surface area contributed by atoms with Crippen LogP contribution in [0.4, 0.5) is 13.2 Å². The Morgan fingerprint density at radius 2 is 1.00 bits per heavy atom. The van der Waals surface area contributed by atoms with E-state index in [1.165, 1.54) is 48.5 Å². The smallest absolute Gasteiger partial charge is 0.416 e. The number of benzene rings is 4. The van der Waals surface area contributed by atoms with Gasteiger partial charge in [0.15, 0.2) is 0 Å². The molecule has 0 bridgehead atoms. The minimum absolute atomic E-state index is 0.0595. The lowest BCUT2D eigenvalue weighted by Gasteiger charge is -2.12. The van der Waals surface area contributed by atoms with Crippen molar-refractivity contribution in [3.05, 3.63) is 103 Å². The maximum absolute atomic E-state index is 13.2. The summed E-state index contributed by atoms with van der Waals surface area (Å²) in [4.78, 5) is 0. The van der Waals surface area contributed by atoms with Crippen LogP contribution in [-0.2, 0) is 6.18 Å². The van der Waals surface area contributed by atoms with Gasteiger partial charge < -0.3 is 15.3 Å². The second-order valence-electron chi connectivity index (χ2n) is 8.17. The van der Waals surface area contributed by atoms with Crippen molar-refractivity contribution < 1.29 is 28.5 Å². The van der Waals surface area contributed by atoms with Crippen LogP contribution in [0.2, 0.25) is 0 Å². The average Bonchev–Trinajstić information content (AvgIpc) is 3.25. The second-order valence-corrected chi connectivity index (χ2v) is 8.17. The fourth-order valence-corrected chi connectivity index (χ4v) is 4.01. The Morgan fingerprint density at radius 1 is 0.556 bits per heavy atom. The standard InChI is InChI=1S/C28H19F3N2O3/c29-28(30,31)20-7-9-21(10-8-20)33-27(19-5-15-24(36)16-6-19)25(17-1-11-22(34)12-2-17)26(32-33)18-3-13-23(35)14-4-18/h1-16,34-36H. The van der Waals surface area contributed by atoms with Crippen molar-refractivity contribution in [1.82, 2.24) is 9.78 Å². The lowest BCUT2D eigenvalue weighted by atomic mass is 9.95. The second kappa shape index (κ2) is 8.81. The van der Waals surface area contributed by atoms with Crippen LogP contribution >= 0.6 is 0 Å². The number of alkyl halides is 3. The minimum Gasteiger partial charge on any atom is -0.508 e. The van der Waals surface area contributed by atoms with E-state index in [9.17, 15) is 28.5 Å². The third-order valence-corrected chi connectivity index (χ3v) is 5.76. The quantitative estimate of drug-likeness (QED) is 0.254. The number of halogens is 3. The molecule has 0 atom stereocenters. The lowest BCUT2D eigenvalue weighted by molar-refractivity contribution is -0.137. The molecule has 5 rings (SSSR count). The largest absolute Gasteiger partial charge is 0.508 e. The minimum atomic E-state index is -4.48. The maximum atomic E-state index is 13.2. The molecule has 0 spiro atoms. The van der Waals surface area contributed by atoms with Crippen molar-refractivity contribution in [3.8, 4) is 56.6 Å². The molecule has 180 valence electrons. The number of nitrogens with zero attached hydrogens (tertiary/aromatic N) is 2. The summed E-state index contributed by atoms with van der Waals surface area (Å²) in [7, 11) is 0. The highest BCUT2D eigenvalue weighted by molar-refractivity contribution is 5.92. The van der Waals surface area contributed by atoms with E-state index in [0.717, 1.165) is 12.1 Å². The van der Waals surface area contributed by atoms with Crippen molar-refractivity contribution in [2.24, 2.45) is 0 Å². The molecule has 0 aliphatic heterocycles. The zero-order valence-corrected chi connectivity index (χ0v) is 18.6. The van der Waals surface area contributed by atoms with Gasteiger partial charge in [-0.05, 0) is 90.5 Å². The van der Waals surface area contributed by atoms with Gasteiger partial charge in [0.25, 0.3) is 0 Å². The van der Waals surface area contributed by atoms with Crippen molar-refractivity contribution in [1.29, 1.82) is 0 Å². The van der Waals surface area contributed by atoms with Gasteiger partial charge in [0, 0.05) is 16.7 Å². The Bertz CT molecular complexity index is 1510. The van der Waals surface area contributed by atoms with Crippen molar-refractivity contribution in [3.63, 3.8) is 0 Å². The first-order chi connectivity index (χ1) is 17.2. The van der Waals surface area contributed by atoms with E-state index in [1.807, 2.05) is 0 Å². The van der Waals surface area contributed by atoms with E-state index in [1.54, 1.807) is 41.1 Å². The zero-order valence-electron chi connectivity index (χ0n) is 18.6. The van der Waals surface area contributed by atoms with Crippen molar-refractivity contribution in [2.75, 3.05) is 0 Å². The zero-order chi connectivity index (χ0) is 25.4. The third-order valence-electron chi connectivity index (χ3n) is 5.76. The van der Waals surface area contributed by atoms with Gasteiger partial charge in [-0.2, -0.15) is 18.3 Å². The fraction of sp³-hybridized carbons (Fsp3) is 0.0357. The van der Waals surface area contributed by atoms with Crippen molar-refractivity contribution in [2.45, 2.75) is 6.18 Å². The van der Waals surface area contributed by atoms with Crippen LogP contribution in [0.5, 0.6) is 17.2 Å². The molecular weight excluding hydrogens is 469 g/mol. The molecule has 4 aromatic carbocycles. The van der Waals surface area contributed by atoms with E-state index in [4.69, 9.17) is 5.10 Å². The summed E-state index contributed by atoms with van der Waals surface area (Å²) in [5.74, 6) is 0.210. The number of hydrogen-bond acceptors (Lipinski definition) is 4. The molecule has 5 aromatic rings. The first-order valence-corrected chi connectivity index (χ1v) is 10.9. The molecule has 36 heavy (non-hydrogen) atoms. The highest BCUT2D eigenvalue weighted by atomic mass is 19.4. The van der Waals surface area contributed by atoms with Gasteiger partial charge in [0.05, 0.1) is 16.9 Å². The Morgan fingerprint density at radius 3 is 1.47 bits per heavy atom. The van der Waals surface area contributed by atoms with Gasteiger partial charge in [-0.3, -0.25) is 0 Å². The predicted octanol–water partition coefficient (Wildman–Crippen LogP) is 7.01. The van der Waals surface area contributed by atoms with E-state index >= 15 is 0 Å². The lowest BCUT2D eigenvalue weighted by Crippen LogP contribution is -2.06. The van der Waals surface area contributed by atoms with Crippen molar-refractivity contribution >= 4 is 0 Å².